The van der Waals surface area contributed by atoms with E-state index < -0.39 is 6.10 Å². The minimum absolute atomic E-state index is 0.00998. The highest BCUT2D eigenvalue weighted by Gasteiger charge is 2.25. The number of benzene rings is 3. The van der Waals surface area contributed by atoms with Crippen LogP contribution >= 0.6 is 0 Å². The van der Waals surface area contributed by atoms with Crippen LogP contribution in [0.2, 0.25) is 0 Å². The lowest BCUT2D eigenvalue weighted by Crippen LogP contribution is -2.41. The Morgan fingerprint density at radius 1 is 0.821 bits per heavy atom. The van der Waals surface area contributed by atoms with Gasteiger partial charge in [-0.3, -0.25) is 4.79 Å². The van der Waals surface area contributed by atoms with Crippen LogP contribution < -0.4 is 4.74 Å². The second-order valence-electron chi connectivity index (χ2n) is 6.99. The lowest BCUT2D eigenvalue weighted by atomic mass is 10.1. The molecule has 0 aliphatic carbocycles. The fourth-order valence-electron chi connectivity index (χ4n) is 3.11. The van der Waals surface area contributed by atoms with Crippen molar-refractivity contribution in [2.24, 2.45) is 0 Å². The van der Waals surface area contributed by atoms with Crippen molar-refractivity contribution in [3.63, 3.8) is 0 Å². The zero-order chi connectivity index (χ0) is 19.8. The number of hydrogen-bond acceptors (Lipinski definition) is 2. The first kappa shape index (κ1) is 19.7. The highest BCUT2D eigenvalue weighted by Crippen LogP contribution is 2.18. The Morgan fingerprint density at radius 2 is 1.32 bits per heavy atom. The number of amides is 1. The Morgan fingerprint density at radius 3 is 1.79 bits per heavy atom. The van der Waals surface area contributed by atoms with Gasteiger partial charge in [0, 0.05) is 13.1 Å². The number of nitrogens with zero attached hydrogens (tertiary/aromatic N) is 1. The summed E-state index contributed by atoms with van der Waals surface area (Å²) < 4.78 is 6.05. The van der Waals surface area contributed by atoms with Crippen LogP contribution in [0.3, 0.4) is 0 Å². The van der Waals surface area contributed by atoms with Crippen molar-refractivity contribution in [3.05, 3.63) is 102 Å². The Hall–Kier alpha value is -3.07. The maximum atomic E-state index is 13.4. The fraction of sp³-hybridized carbons (Fsp3) is 0.240. The molecule has 0 aliphatic heterocycles. The van der Waals surface area contributed by atoms with E-state index in [1.165, 1.54) is 5.56 Å². The Labute approximate surface area is 167 Å². The van der Waals surface area contributed by atoms with Crippen LogP contribution in [0, 0.1) is 6.92 Å². The van der Waals surface area contributed by atoms with Gasteiger partial charge in [0.15, 0.2) is 6.10 Å². The predicted molar refractivity (Wildman–Crippen MR) is 113 cm³/mol. The van der Waals surface area contributed by atoms with E-state index in [2.05, 4.69) is 0 Å². The zero-order valence-electron chi connectivity index (χ0n) is 16.5. The van der Waals surface area contributed by atoms with E-state index in [-0.39, 0.29) is 5.91 Å². The minimum Gasteiger partial charge on any atom is -0.481 e. The van der Waals surface area contributed by atoms with Gasteiger partial charge in [0.2, 0.25) is 0 Å². The van der Waals surface area contributed by atoms with E-state index in [0.717, 1.165) is 16.9 Å². The predicted octanol–water partition coefficient (Wildman–Crippen LogP) is 5.38. The van der Waals surface area contributed by atoms with Gasteiger partial charge in [-0.1, -0.05) is 85.3 Å². The molecule has 0 N–H and O–H groups in total. The molecule has 1 atom stereocenters. The van der Waals surface area contributed by atoms with Crippen LogP contribution in [0.1, 0.15) is 30.0 Å². The maximum Gasteiger partial charge on any atom is 0.264 e. The van der Waals surface area contributed by atoms with Crippen molar-refractivity contribution in [2.75, 3.05) is 0 Å². The van der Waals surface area contributed by atoms with E-state index in [9.17, 15) is 4.79 Å². The van der Waals surface area contributed by atoms with E-state index in [0.29, 0.717) is 19.5 Å². The number of rotatable bonds is 8. The first-order valence-electron chi connectivity index (χ1n) is 9.75. The average Bonchev–Trinajstić information content (AvgIpc) is 2.74. The van der Waals surface area contributed by atoms with Gasteiger partial charge in [-0.15, -0.1) is 0 Å². The molecule has 0 radical (unpaired) electrons. The van der Waals surface area contributed by atoms with Crippen molar-refractivity contribution in [1.82, 2.24) is 4.90 Å². The number of aryl methyl sites for hydroxylation is 1. The van der Waals surface area contributed by atoms with E-state index in [1.54, 1.807) is 0 Å². The molecule has 144 valence electrons. The van der Waals surface area contributed by atoms with Crippen LogP contribution in [0.15, 0.2) is 84.9 Å². The molecule has 0 fully saturated rings. The summed E-state index contributed by atoms with van der Waals surface area (Å²) in [4.78, 5) is 15.2. The van der Waals surface area contributed by atoms with Gasteiger partial charge in [-0.05, 0) is 36.6 Å². The summed E-state index contributed by atoms with van der Waals surface area (Å²) in [5.74, 6) is 0.737. The molecule has 3 aromatic carbocycles. The third-order valence-corrected chi connectivity index (χ3v) is 4.69. The van der Waals surface area contributed by atoms with E-state index in [4.69, 9.17) is 4.74 Å². The third-order valence-electron chi connectivity index (χ3n) is 4.69. The minimum atomic E-state index is -0.505. The Bertz CT molecular complexity index is 819. The van der Waals surface area contributed by atoms with E-state index >= 15 is 0 Å². The van der Waals surface area contributed by atoms with Crippen LogP contribution in [0.5, 0.6) is 5.75 Å². The number of carbonyl (C=O) groups excluding carboxylic acids is 1. The molecule has 0 bridgehead atoms. The molecule has 0 spiro atoms. The monoisotopic (exact) mass is 373 g/mol. The molecule has 3 rings (SSSR count). The average molecular weight is 373 g/mol. The summed E-state index contributed by atoms with van der Waals surface area (Å²) in [7, 11) is 0. The molecule has 3 heteroatoms. The molecule has 0 heterocycles. The molecule has 3 nitrogen and oxygen atoms in total. The SMILES string of the molecule is CC[C@@H](Oc1ccc(C)cc1)C(=O)N(Cc1ccccc1)Cc1ccccc1. The standard InChI is InChI=1S/C25H27NO2/c1-3-24(28-23-16-14-20(2)15-17-23)25(27)26(18-21-10-6-4-7-11-21)19-22-12-8-5-9-13-22/h4-17,24H,3,18-19H2,1-2H3/t24-/m1/s1. The summed E-state index contributed by atoms with van der Waals surface area (Å²) in [5, 5.41) is 0. The summed E-state index contributed by atoms with van der Waals surface area (Å²) in [6.45, 7) is 5.14. The van der Waals surface area contributed by atoms with Crippen molar-refractivity contribution in [2.45, 2.75) is 39.5 Å². The largest absolute Gasteiger partial charge is 0.481 e. The number of hydrogen-bond donors (Lipinski definition) is 0. The van der Waals surface area contributed by atoms with Gasteiger partial charge in [-0.2, -0.15) is 0 Å². The summed E-state index contributed by atoms with van der Waals surface area (Å²) in [5.41, 5.74) is 3.38. The zero-order valence-corrected chi connectivity index (χ0v) is 16.5. The topological polar surface area (TPSA) is 29.5 Å². The molecule has 0 unspecified atom stereocenters. The molecule has 0 saturated heterocycles. The summed E-state index contributed by atoms with van der Waals surface area (Å²) in [6, 6.07) is 28.0. The summed E-state index contributed by atoms with van der Waals surface area (Å²) in [6.07, 6.45) is 0.113. The van der Waals surface area contributed by atoms with Gasteiger partial charge in [0.1, 0.15) is 5.75 Å². The summed E-state index contributed by atoms with van der Waals surface area (Å²) >= 11 is 0. The molecular weight excluding hydrogens is 346 g/mol. The van der Waals surface area contributed by atoms with Gasteiger partial charge in [0.05, 0.1) is 0 Å². The molecule has 0 aromatic heterocycles. The number of carbonyl (C=O) groups is 1. The lowest BCUT2D eigenvalue weighted by molar-refractivity contribution is -0.140. The fourth-order valence-corrected chi connectivity index (χ4v) is 3.11. The van der Waals surface area contributed by atoms with Crippen molar-refractivity contribution < 1.29 is 9.53 Å². The molecule has 28 heavy (non-hydrogen) atoms. The highest BCUT2D eigenvalue weighted by atomic mass is 16.5. The number of ether oxygens (including phenoxy) is 1. The maximum absolute atomic E-state index is 13.4. The first-order valence-corrected chi connectivity index (χ1v) is 9.75. The van der Waals surface area contributed by atoms with Crippen LogP contribution in [0.4, 0.5) is 0 Å². The Kier molecular flexibility index (Phi) is 6.85. The van der Waals surface area contributed by atoms with Crippen molar-refractivity contribution >= 4 is 5.91 Å². The van der Waals surface area contributed by atoms with Gasteiger partial charge in [0.25, 0.3) is 5.91 Å². The quantitative estimate of drug-likeness (QED) is 0.530. The third kappa shape index (κ3) is 5.46. The highest BCUT2D eigenvalue weighted by molar-refractivity contribution is 5.81. The van der Waals surface area contributed by atoms with Gasteiger partial charge in [-0.25, -0.2) is 0 Å². The lowest BCUT2D eigenvalue weighted by Gasteiger charge is -2.28. The van der Waals surface area contributed by atoms with E-state index in [1.807, 2.05) is 104 Å². The van der Waals surface area contributed by atoms with Crippen molar-refractivity contribution in [3.8, 4) is 5.75 Å². The molecule has 0 aliphatic rings. The molecule has 0 saturated carbocycles. The Balaban J connectivity index is 1.79. The first-order chi connectivity index (χ1) is 13.7. The van der Waals surface area contributed by atoms with Crippen LogP contribution in [-0.4, -0.2) is 16.9 Å². The molecular formula is C25H27NO2. The second kappa shape index (κ2) is 9.75. The van der Waals surface area contributed by atoms with Crippen molar-refractivity contribution in [1.29, 1.82) is 0 Å². The smallest absolute Gasteiger partial charge is 0.264 e. The second-order valence-corrected chi connectivity index (χ2v) is 6.99. The molecule has 3 aromatic rings. The normalized spacial score (nSPS) is 11.6. The van der Waals surface area contributed by atoms with Crippen LogP contribution in [-0.2, 0) is 17.9 Å². The molecule has 1 amide bonds. The van der Waals surface area contributed by atoms with Crippen LogP contribution in [0.25, 0.3) is 0 Å². The van der Waals surface area contributed by atoms with Gasteiger partial charge >= 0.3 is 0 Å². The van der Waals surface area contributed by atoms with Gasteiger partial charge < -0.3 is 9.64 Å².